The Labute approximate surface area is 215 Å². The summed E-state index contributed by atoms with van der Waals surface area (Å²) < 4.78 is 10.8. The Morgan fingerprint density at radius 3 is 1.95 bits per heavy atom. The van der Waals surface area contributed by atoms with E-state index in [0.717, 1.165) is 43.2 Å². The molecule has 37 heavy (non-hydrogen) atoms. The summed E-state index contributed by atoms with van der Waals surface area (Å²) in [5.74, 6) is -3.35. The lowest BCUT2D eigenvalue weighted by Gasteiger charge is -2.25. The first-order valence-corrected chi connectivity index (χ1v) is 11.3. The fraction of sp³-hybridized carbons (Fsp3) is 0.440. The van der Waals surface area contributed by atoms with E-state index in [9.17, 15) is 14.4 Å². The van der Waals surface area contributed by atoms with E-state index in [1.807, 2.05) is 24.5 Å². The van der Waals surface area contributed by atoms with Gasteiger partial charge < -0.3 is 34.8 Å². The van der Waals surface area contributed by atoms with Crippen LogP contribution in [0.2, 0.25) is 0 Å². The first-order chi connectivity index (χ1) is 17.4. The molecule has 1 aromatic carbocycles. The minimum atomic E-state index is -2.74. The monoisotopic (exact) mass is 521 g/mol. The SMILES string of the molecule is COc1ccc(CN(CCN(C)C)Cc2ccncc2)c(OC)c1.O=C(O)CC(O)(CC(=O)O)C(=O)O. The van der Waals surface area contributed by atoms with E-state index in [-0.39, 0.29) is 0 Å². The predicted molar refractivity (Wildman–Crippen MR) is 134 cm³/mol. The maximum atomic E-state index is 10.3. The molecule has 0 spiro atoms. The van der Waals surface area contributed by atoms with Crippen LogP contribution in [0.15, 0.2) is 42.7 Å². The fourth-order valence-electron chi connectivity index (χ4n) is 3.24. The molecule has 2 rings (SSSR count). The molecular weight excluding hydrogens is 486 g/mol. The zero-order valence-corrected chi connectivity index (χ0v) is 21.5. The Morgan fingerprint density at radius 2 is 1.49 bits per heavy atom. The molecule has 0 radical (unpaired) electrons. The van der Waals surface area contributed by atoms with Gasteiger partial charge in [0.1, 0.15) is 11.5 Å². The summed E-state index contributed by atoms with van der Waals surface area (Å²) in [5, 5.41) is 33.8. The fourth-order valence-corrected chi connectivity index (χ4v) is 3.24. The zero-order chi connectivity index (χ0) is 28.0. The average Bonchev–Trinajstić information content (AvgIpc) is 2.82. The van der Waals surface area contributed by atoms with Gasteiger partial charge in [0.15, 0.2) is 5.60 Å². The Bertz CT molecular complexity index is 1000. The molecule has 4 N–H and O–H groups in total. The van der Waals surface area contributed by atoms with Crippen LogP contribution in [-0.4, -0.2) is 100 Å². The summed E-state index contributed by atoms with van der Waals surface area (Å²) in [7, 11) is 7.56. The van der Waals surface area contributed by atoms with Gasteiger partial charge >= 0.3 is 17.9 Å². The third-order valence-electron chi connectivity index (χ3n) is 5.19. The Kier molecular flexibility index (Phi) is 13.0. The minimum absolute atomic E-state index is 0.810. The lowest BCUT2D eigenvalue weighted by molar-refractivity contribution is -0.170. The number of ether oxygens (including phenoxy) is 2. The third kappa shape index (κ3) is 11.7. The number of methoxy groups -OCH3 is 2. The molecule has 0 aliphatic heterocycles. The van der Waals surface area contributed by atoms with E-state index in [1.54, 1.807) is 14.2 Å². The van der Waals surface area contributed by atoms with Gasteiger partial charge in [0, 0.05) is 50.2 Å². The molecular formula is C25H35N3O9. The van der Waals surface area contributed by atoms with Gasteiger partial charge in [-0.2, -0.15) is 0 Å². The normalized spacial score (nSPS) is 11.0. The van der Waals surface area contributed by atoms with Gasteiger partial charge in [-0.15, -0.1) is 0 Å². The maximum absolute atomic E-state index is 10.3. The smallest absolute Gasteiger partial charge is 0.336 e. The standard InChI is InChI=1S/C19H27N3O2.C6H8O7/c1-21(2)11-12-22(14-16-7-9-20-10-8-16)15-17-5-6-18(23-3)13-19(17)24-4;7-3(8)1-6(13,5(11)12)2-4(9)10/h5-10,13H,11-12,14-15H2,1-4H3;13H,1-2H2,(H,7,8)(H,9,10)(H,11,12). The predicted octanol–water partition coefficient (Wildman–Crippen LogP) is 1.41. The molecule has 1 aromatic heterocycles. The van der Waals surface area contributed by atoms with Crippen LogP contribution in [0.25, 0.3) is 0 Å². The molecule has 12 nitrogen and oxygen atoms in total. The van der Waals surface area contributed by atoms with Crippen molar-refractivity contribution in [2.24, 2.45) is 0 Å². The molecule has 0 fully saturated rings. The number of likely N-dealkylation sites (N-methyl/N-ethyl adjacent to an activating group) is 1. The molecule has 0 bridgehead atoms. The second-order valence-corrected chi connectivity index (χ2v) is 8.52. The largest absolute Gasteiger partial charge is 0.497 e. The van der Waals surface area contributed by atoms with E-state index in [4.69, 9.17) is 29.9 Å². The maximum Gasteiger partial charge on any atom is 0.336 e. The summed E-state index contributed by atoms with van der Waals surface area (Å²) >= 11 is 0. The van der Waals surface area contributed by atoms with Crippen LogP contribution < -0.4 is 9.47 Å². The third-order valence-corrected chi connectivity index (χ3v) is 5.19. The van der Waals surface area contributed by atoms with E-state index in [1.165, 1.54) is 5.56 Å². The number of pyridine rings is 1. The molecule has 0 amide bonds. The number of carboxylic acids is 3. The second-order valence-electron chi connectivity index (χ2n) is 8.52. The summed E-state index contributed by atoms with van der Waals surface area (Å²) in [5.41, 5.74) is -0.320. The van der Waals surface area contributed by atoms with Crippen LogP contribution in [-0.2, 0) is 27.5 Å². The number of carboxylic acid groups (broad SMARTS) is 3. The first-order valence-electron chi connectivity index (χ1n) is 11.3. The molecule has 0 unspecified atom stereocenters. The summed E-state index contributed by atoms with van der Waals surface area (Å²) in [4.78, 5) is 39.2. The average molecular weight is 522 g/mol. The number of aromatic nitrogens is 1. The number of carbonyl (C=O) groups is 3. The first kappa shape index (κ1) is 31.3. The van der Waals surface area contributed by atoms with E-state index >= 15 is 0 Å². The van der Waals surface area contributed by atoms with E-state index in [2.05, 4.69) is 47.1 Å². The number of hydrogen-bond acceptors (Lipinski definition) is 9. The molecule has 0 saturated heterocycles. The second kappa shape index (κ2) is 15.4. The van der Waals surface area contributed by atoms with E-state index < -0.39 is 36.4 Å². The Hall–Kier alpha value is -3.74. The van der Waals surface area contributed by atoms with Crippen molar-refractivity contribution in [3.05, 3.63) is 53.9 Å². The Balaban J connectivity index is 0.000000448. The van der Waals surface area contributed by atoms with Crippen molar-refractivity contribution < 1.29 is 44.3 Å². The highest BCUT2D eigenvalue weighted by Gasteiger charge is 2.40. The van der Waals surface area contributed by atoms with Gasteiger partial charge in [0.2, 0.25) is 0 Å². The highest BCUT2D eigenvalue weighted by atomic mass is 16.5. The van der Waals surface area contributed by atoms with Gasteiger partial charge in [-0.1, -0.05) is 6.07 Å². The highest BCUT2D eigenvalue weighted by molar-refractivity contribution is 5.88. The van der Waals surface area contributed by atoms with Crippen molar-refractivity contribution >= 4 is 17.9 Å². The van der Waals surface area contributed by atoms with Crippen LogP contribution >= 0.6 is 0 Å². The summed E-state index contributed by atoms with van der Waals surface area (Å²) in [6.07, 6.45) is 1.39. The molecule has 0 atom stereocenters. The zero-order valence-electron chi connectivity index (χ0n) is 21.5. The van der Waals surface area contributed by atoms with Crippen LogP contribution in [0, 0.1) is 0 Å². The summed E-state index contributed by atoms with van der Waals surface area (Å²) in [6, 6.07) is 10.1. The van der Waals surface area contributed by atoms with Gasteiger partial charge in [0.25, 0.3) is 0 Å². The van der Waals surface area contributed by atoms with Crippen molar-refractivity contribution in [2.45, 2.75) is 31.5 Å². The van der Waals surface area contributed by atoms with Crippen molar-refractivity contribution in [3.63, 3.8) is 0 Å². The van der Waals surface area contributed by atoms with Gasteiger partial charge in [-0.05, 0) is 37.9 Å². The quantitative estimate of drug-likeness (QED) is 0.282. The van der Waals surface area contributed by atoms with Crippen LogP contribution in [0.4, 0.5) is 0 Å². The van der Waals surface area contributed by atoms with Gasteiger partial charge in [-0.3, -0.25) is 19.5 Å². The molecule has 0 saturated carbocycles. The molecule has 204 valence electrons. The number of hydrogen-bond donors (Lipinski definition) is 4. The molecule has 12 heteroatoms. The molecule has 0 aliphatic carbocycles. The number of rotatable bonds is 14. The number of aliphatic hydroxyl groups is 1. The van der Waals surface area contributed by atoms with E-state index in [0.29, 0.717) is 0 Å². The van der Waals surface area contributed by atoms with Crippen molar-refractivity contribution in [2.75, 3.05) is 41.4 Å². The van der Waals surface area contributed by atoms with Crippen LogP contribution in [0.1, 0.15) is 24.0 Å². The summed E-state index contributed by atoms with van der Waals surface area (Å²) in [6.45, 7) is 3.68. The van der Waals surface area contributed by atoms with Crippen molar-refractivity contribution in [1.29, 1.82) is 0 Å². The van der Waals surface area contributed by atoms with Gasteiger partial charge in [0.05, 0.1) is 27.1 Å². The molecule has 2 aromatic rings. The number of benzene rings is 1. The lowest BCUT2D eigenvalue weighted by Crippen LogP contribution is -2.42. The number of aliphatic carboxylic acids is 3. The topological polar surface area (TPSA) is 170 Å². The highest BCUT2D eigenvalue weighted by Crippen LogP contribution is 2.26. The molecule has 0 aliphatic rings. The minimum Gasteiger partial charge on any atom is -0.497 e. The van der Waals surface area contributed by atoms with Crippen molar-refractivity contribution in [1.82, 2.24) is 14.8 Å². The van der Waals surface area contributed by atoms with Crippen LogP contribution in [0.3, 0.4) is 0 Å². The van der Waals surface area contributed by atoms with Crippen molar-refractivity contribution in [3.8, 4) is 11.5 Å². The van der Waals surface area contributed by atoms with Gasteiger partial charge in [-0.25, -0.2) is 4.79 Å². The number of nitrogens with zero attached hydrogens (tertiary/aromatic N) is 3. The molecule has 1 heterocycles. The Morgan fingerprint density at radius 1 is 0.892 bits per heavy atom. The van der Waals surface area contributed by atoms with Crippen LogP contribution in [0.5, 0.6) is 11.5 Å². The lowest BCUT2D eigenvalue weighted by atomic mass is 9.96.